The van der Waals surface area contributed by atoms with Crippen LogP contribution in [0.1, 0.15) is 22.4 Å². The predicted molar refractivity (Wildman–Crippen MR) is 113 cm³/mol. The molecule has 138 valence electrons. The van der Waals surface area contributed by atoms with Gasteiger partial charge in [0.2, 0.25) is 0 Å². The second-order valence-electron chi connectivity index (χ2n) is 6.92. The molecule has 0 aliphatic heterocycles. The van der Waals surface area contributed by atoms with Crippen LogP contribution in [0.5, 0.6) is 5.75 Å². The topological polar surface area (TPSA) is 50.8 Å². The van der Waals surface area contributed by atoms with E-state index in [-0.39, 0.29) is 5.41 Å². The molecule has 1 atom stereocenters. The van der Waals surface area contributed by atoms with E-state index in [4.69, 9.17) is 4.74 Å². The maximum atomic E-state index is 5.50. The van der Waals surface area contributed by atoms with E-state index in [0.29, 0.717) is 0 Å². The van der Waals surface area contributed by atoms with Gasteiger partial charge in [0.1, 0.15) is 17.1 Å². The highest BCUT2D eigenvalue weighted by Gasteiger charge is 2.37. The van der Waals surface area contributed by atoms with Gasteiger partial charge in [-0.25, -0.2) is 4.98 Å². The normalized spacial score (nSPS) is 18.0. The van der Waals surface area contributed by atoms with Crippen LogP contribution in [0.25, 0.3) is 17.5 Å². The fraction of sp³-hybridized carbons (Fsp3) is 0.130. The minimum atomic E-state index is -0.283. The third kappa shape index (κ3) is 2.67. The van der Waals surface area contributed by atoms with Gasteiger partial charge in [-0.15, -0.1) is 11.3 Å². The largest absolute Gasteiger partial charge is 0.497 e. The Balaban J connectivity index is 1.67. The molecule has 0 saturated heterocycles. The van der Waals surface area contributed by atoms with E-state index < -0.39 is 0 Å². The zero-order chi connectivity index (χ0) is 19.0. The van der Waals surface area contributed by atoms with Gasteiger partial charge >= 0.3 is 0 Å². The standard InChI is InChI=1S/C23H19N3OS/c1-27-18-9-5-8-17(12-18)23(16-6-3-2-4-7-16)11-10-19-20(13-23)25-26-22(19)21-14-28-15-24-21/h2-12,14-15H,13H2,1H3,(H,25,26). The van der Waals surface area contributed by atoms with Crippen LogP contribution in [-0.2, 0) is 11.8 Å². The summed E-state index contributed by atoms with van der Waals surface area (Å²) in [5, 5.41) is 9.87. The van der Waals surface area contributed by atoms with Crippen LogP contribution >= 0.6 is 11.3 Å². The summed E-state index contributed by atoms with van der Waals surface area (Å²) in [5.41, 5.74) is 8.08. The van der Waals surface area contributed by atoms with E-state index in [2.05, 4.69) is 75.9 Å². The smallest absolute Gasteiger partial charge is 0.119 e. The Labute approximate surface area is 167 Å². The van der Waals surface area contributed by atoms with Crippen molar-refractivity contribution >= 4 is 17.4 Å². The number of thiazole rings is 1. The highest BCUT2D eigenvalue weighted by Crippen LogP contribution is 2.43. The first-order valence-electron chi connectivity index (χ1n) is 9.15. The zero-order valence-electron chi connectivity index (χ0n) is 15.4. The summed E-state index contributed by atoms with van der Waals surface area (Å²) in [4.78, 5) is 4.43. The summed E-state index contributed by atoms with van der Waals surface area (Å²) in [6.07, 6.45) is 5.28. The van der Waals surface area contributed by atoms with Crippen molar-refractivity contribution < 1.29 is 4.74 Å². The summed E-state index contributed by atoms with van der Waals surface area (Å²) in [6.45, 7) is 0. The summed E-state index contributed by atoms with van der Waals surface area (Å²) in [5.74, 6) is 0.861. The number of hydrogen-bond acceptors (Lipinski definition) is 4. The molecule has 0 fully saturated rings. The molecule has 0 spiro atoms. The molecule has 0 saturated carbocycles. The van der Waals surface area contributed by atoms with Gasteiger partial charge in [-0.3, -0.25) is 5.10 Å². The Morgan fingerprint density at radius 1 is 1.07 bits per heavy atom. The number of nitrogens with zero attached hydrogens (tertiary/aromatic N) is 2. The van der Waals surface area contributed by atoms with E-state index in [1.807, 2.05) is 17.0 Å². The first-order chi connectivity index (χ1) is 13.8. The molecule has 5 rings (SSSR count). The Morgan fingerprint density at radius 2 is 1.93 bits per heavy atom. The molecule has 0 radical (unpaired) electrons. The van der Waals surface area contributed by atoms with E-state index >= 15 is 0 Å². The number of H-pyrrole nitrogens is 1. The van der Waals surface area contributed by atoms with Crippen LogP contribution in [0, 0.1) is 0 Å². The predicted octanol–water partition coefficient (Wildman–Crippen LogP) is 5.10. The zero-order valence-corrected chi connectivity index (χ0v) is 16.2. The molecule has 2 heterocycles. The van der Waals surface area contributed by atoms with Crippen LogP contribution in [0.2, 0.25) is 0 Å². The number of methoxy groups -OCH3 is 1. The Hall–Kier alpha value is -3.18. The number of hydrogen-bond donors (Lipinski definition) is 1. The lowest BCUT2D eigenvalue weighted by Gasteiger charge is -2.34. The van der Waals surface area contributed by atoms with Crippen LogP contribution in [0.4, 0.5) is 0 Å². The molecule has 4 nitrogen and oxygen atoms in total. The Bertz CT molecular complexity index is 1130. The van der Waals surface area contributed by atoms with Crippen LogP contribution < -0.4 is 4.74 Å². The molecular weight excluding hydrogens is 366 g/mol. The number of fused-ring (bicyclic) bond motifs is 1. The van der Waals surface area contributed by atoms with Crippen molar-refractivity contribution in [1.29, 1.82) is 0 Å². The van der Waals surface area contributed by atoms with Gasteiger partial charge in [-0.05, 0) is 23.3 Å². The maximum absolute atomic E-state index is 5.50. The number of aromatic nitrogens is 3. The average molecular weight is 385 g/mol. The van der Waals surface area contributed by atoms with Crippen molar-refractivity contribution in [2.75, 3.05) is 7.11 Å². The molecule has 2 aromatic carbocycles. The van der Waals surface area contributed by atoms with Gasteiger partial charge in [0.05, 0.1) is 12.6 Å². The van der Waals surface area contributed by atoms with Gasteiger partial charge in [-0.1, -0.05) is 54.6 Å². The molecule has 1 unspecified atom stereocenters. The lowest BCUT2D eigenvalue weighted by molar-refractivity contribution is 0.413. The highest BCUT2D eigenvalue weighted by molar-refractivity contribution is 7.07. The molecule has 0 amide bonds. The quantitative estimate of drug-likeness (QED) is 0.532. The maximum Gasteiger partial charge on any atom is 0.119 e. The van der Waals surface area contributed by atoms with Crippen LogP contribution in [0.15, 0.2) is 71.6 Å². The SMILES string of the molecule is COc1cccc(C2(c3ccccc3)C=Cc3c(-c4cscn4)n[nH]c3C2)c1. The fourth-order valence-corrected chi connectivity index (χ4v) is 4.53. The molecular formula is C23H19N3OS. The van der Waals surface area contributed by atoms with E-state index in [9.17, 15) is 0 Å². The van der Waals surface area contributed by atoms with Gasteiger partial charge in [0, 0.05) is 28.5 Å². The van der Waals surface area contributed by atoms with Crippen LogP contribution in [0.3, 0.4) is 0 Å². The monoisotopic (exact) mass is 385 g/mol. The second-order valence-corrected chi connectivity index (χ2v) is 7.64. The van der Waals surface area contributed by atoms with E-state index in [1.54, 1.807) is 18.4 Å². The van der Waals surface area contributed by atoms with E-state index in [1.165, 1.54) is 11.1 Å². The van der Waals surface area contributed by atoms with E-state index in [0.717, 1.165) is 34.8 Å². The number of nitrogens with one attached hydrogen (secondary N) is 1. The molecule has 5 heteroatoms. The lowest BCUT2D eigenvalue weighted by atomic mass is 9.68. The number of allylic oxidation sites excluding steroid dienone is 1. The van der Waals surface area contributed by atoms with Crippen molar-refractivity contribution in [3.05, 3.63) is 93.9 Å². The van der Waals surface area contributed by atoms with Gasteiger partial charge < -0.3 is 4.74 Å². The van der Waals surface area contributed by atoms with Crippen molar-refractivity contribution in [3.63, 3.8) is 0 Å². The molecule has 2 aromatic heterocycles. The third-order valence-corrected chi connectivity index (χ3v) is 6.01. The number of rotatable bonds is 4. The lowest BCUT2D eigenvalue weighted by Crippen LogP contribution is -2.30. The van der Waals surface area contributed by atoms with Crippen molar-refractivity contribution in [2.24, 2.45) is 0 Å². The fourth-order valence-electron chi connectivity index (χ4n) is 3.99. The summed E-state index contributed by atoms with van der Waals surface area (Å²) >= 11 is 1.58. The van der Waals surface area contributed by atoms with Crippen molar-refractivity contribution in [1.82, 2.24) is 15.2 Å². The minimum Gasteiger partial charge on any atom is -0.497 e. The first-order valence-corrected chi connectivity index (χ1v) is 10.1. The van der Waals surface area contributed by atoms with Gasteiger partial charge in [0.15, 0.2) is 0 Å². The Kier molecular flexibility index (Phi) is 4.10. The molecule has 0 bridgehead atoms. The highest BCUT2D eigenvalue weighted by atomic mass is 32.1. The molecule has 1 N–H and O–H groups in total. The van der Waals surface area contributed by atoms with Crippen molar-refractivity contribution in [2.45, 2.75) is 11.8 Å². The second kappa shape index (κ2) is 6.77. The summed E-state index contributed by atoms with van der Waals surface area (Å²) in [6, 6.07) is 18.9. The first kappa shape index (κ1) is 17.0. The molecule has 1 aliphatic rings. The summed E-state index contributed by atoms with van der Waals surface area (Å²) < 4.78 is 5.50. The van der Waals surface area contributed by atoms with Crippen molar-refractivity contribution in [3.8, 4) is 17.1 Å². The van der Waals surface area contributed by atoms with Crippen LogP contribution in [-0.4, -0.2) is 22.3 Å². The average Bonchev–Trinajstić information content (AvgIpc) is 3.43. The molecule has 4 aromatic rings. The molecule has 1 aliphatic carbocycles. The Morgan fingerprint density at radius 3 is 2.71 bits per heavy atom. The minimum absolute atomic E-state index is 0.283. The third-order valence-electron chi connectivity index (χ3n) is 5.42. The number of ether oxygens (including phenoxy) is 1. The molecule has 28 heavy (non-hydrogen) atoms. The summed E-state index contributed by atoms with van der Waals surface area (Å²) in [7, 11) is 1.71. The van der Waals surface area contributed by atoms with Gasteiger partial charge in [0.25, 0.3) is 0 Å². The number of aromatic amines is 1. The number of benzene rings is 2. The van der Waals surface area contributed by atoms with Gasteiger partial charge in [-0.2, -0.15) is 5.10 Å².